The van der Waals surface area contributed by atoms with Gasteiger partial charge in [0.2, 0.25) is 0 Å². The zero-order valence-electron chi connectivity index (χ0n) is 9.17. The Labute approximate surface area is 77.2 Å². The van der Waals surface area contributed by atoms with Crippen LogP contribution in [0.2, 0.25) is 0 Å². The highest BCUT2D eigenvalue weighted by atomic mass is 16.3. The van der Waals surface area contributed by atoms with Crippen molar-refractivity contribution >= 4 is 0 Å². The topological polar surface area (TPSA) is 20.2 Å². The lowest BCUT2D eigenvalue weighted by Crippen LogP contribution is -2.25. The molecule has 1 heteroatoms. The second kappa shape index (κ2) is 5.58. The summed E-state index contributed by atoms with van der Waals surface area (Å²) in [5.41, 5.74) is 0. The monoisotopic (exact) mass is 172 g/mol. The summed E-state index contributed by atoms with van der Waals surface area (Å²) in [5.74, 6) is 1.68. The van der Waals surface area contributed by atoms with E-state index in [0.29, 0.717) is 17.8 Å². The van der Waals surface area contributed by atoms with Crippen molar-refractivity contribution in [3.05, 3.63) is 0 Å². The molecule has 2 unspecified atom stereocenters. The predicted octanol–water partition coefficient (Wildman–Crippen LogP) is 3.08. The van der Waals surface area contributed by atoms with Crippen LogP contribution in [0.4, 0.5) is 0 Å². The minimum atomic E-state index is -0.102. The molecule has 0 amide bonds. The summed E-state index contributed by atoms with van der Waals surface area (Å²) in [6.45, 7) is 10.9. The van der Waals surface area contributed by atoms with Crippen molar-refractivity contribution < 1.29 is 5.11 Å². The minimum Gasteiger partial charge on any atom is -0.393 e. The van der Waals surface area contributed by atoms with E-state index in [9.17, 15) is 5.11 Å². The maximum Gasteiger partial charge on any atom is 0.0573 e. The summed E-state index contributed by atoms with van der Waals surface area (Å²) >= 11 is 0. The first kappa shape index (κ1) is 12.0. The molecule has 12 heavy (non-hydrogen) atoms. The molecule has 0 saturated heterocycles. The Morgan fingerprint density at radius 1 is 1.08 bits per heavy atom. The fourth-order valence-corrected chi connectivity index (χ4v) is 1.85. The quantitative estimate of drug-likeness (QED) is 0.675. The molecule has 0 aromatic rings. The third-order valence-corrected chi connectivity index (χ3v) is 2.53. The van der Waals surface area contributed by atoms with Crippen LogP contribution in [0.25, 0.3) is 0 Å². The average Bonchev–Trinajstić information content (AvgIpc) is 1.85. The maximum absolute atomic E-state index is 9.85. The normalized spacial score (nSPS) is 17.0. The van der Waals surface area contributed by atoms with Crippen molar-refractivity contribution in [2.45, 2.75) is 53.6 Å². The maximum atomic E-state index is 9.85. The van der Waals surface area contributed by atoms with Crippen LogP contribution in [0.3, 0.4) is 0 Å². The zero-order chi connectivity index (χ0) is 9.72. The lowest BCUT2D eigenvalue weighted by atomic mass is 9.84. The fraction of sp³-hybridized carbons (Fsp3) is 1.00. The van der Waals surface area contributed by atoms with E-state index in [1.807, 2.05) is 0 Å². The van der Waals surface area contributed by atoms with Gasteiger partial charge in [-0.05, 0) is 24.2 Å². The number of rotatable bonds is 5. The van der Waals surface area contributed by atoms with Gasteiger partial charge in [-0.15, -0.1) is 0 Å². The lowest BCUT2D eigenvalue weighted by molar-refractivity contribution is 0.0608. The van der Waals surface area contributed by atoms with Crippen molar-refractivity contribution in [2.75, 3.05) is 0 Å². The molecule has 0 spiro atoms. The van der Waals surface area contributed by atoms with Crippen LogP contribution in [0.15, 0.2) is 0 Å². The van der Waals surface area contributed by atoms with Crippen LogP contribution in [0.5, 0.6) is 0 Å². The Bertz CT molecular complexity index is 108. The van der Waals surface area contributed by atoms with E-state index in [-0.39, 0.29) is 6.10 Å². The van der Waals surface area contributed by atoms with E-state index < -0.39 is 0 Å². The van der Waals surface area contributed by atoms with Gasteiger partial charge in [0.15, 0.2) is 0 Å². The van der Waals surface area contributed by atoms with Gasteiger partial charge in [0.05, 0.1) is 6.10 Å². The Hall–Kier alpha value is -0.0400. The van der Waals surface area contributed by atoms with E-state index >= 15 is 0 Å². The Kier molecular flexibility index (Phi) is 5.56. The van der Waals surface area contributed by atoms with Gasteiger partial charge in [0.25, 0.3) is 0 Å². The highest BCUT2D eigenvalue weighted by Crippen LogP contribution is 2.23. The molecule has 0 fully saturated rings. The first-order valence-electron chi connectivity index (χ1n) is 5.17. The van der Waals surface area contributed by atoms with Crippen LogP contribution < -0.4 is 0 Å². The molecule has 0 saturated carbocycles. The van der Waals surface area contributed by atoms with Gasteiger partial charge < -0.3 is 5.11 Å². The second-order valence-electron chi connectivity index (χ2n) is 4.51. The van der Waals surface area contributed by atoms with Crippen LogP contribution in [0, 0.1) is 17.8 Å². The Morgan fingerprint density at radius 3 is 1.83 bits per heavy atom. The highest BCUT2D eigenvalue weighted by Gasteiger charge is 2.21. The molecule has 0 aliphatic carbocycles. The average molecular weight is 172 g/mol. The molecule has 0 aliphatic heterocycles. The molecule has 1 N–H and O–H groups in total. The third kappa shape index (κ3) is 4.10. The molecule has 0 aromatic carbocycles. The van der Waals surface area contributed by atoms with Crippen molar-refractivity contribution in [2.24, 2.45) is 17.8 Å². The van der Waals surface area contributed by atoms with Crippen molar-refractivity contribution in [3.8, 4) is 0 Å². The van der Waals surface area contributed by atoms with Crippen LogP contribution >= 0.6 is 0 Å². The van der Waals surface area contributed by atoms with Crippen molar-refractivity contribution in [1.29, 1.82) is 0 Å². The number of hydrogen-bond donors (Lipinski definition) is 1. The Balaban J connectivity index is 3.94. The molecular formula is C11H24O. The summed E-state index contributed by atoms with van der Waals surface area (Å²) in [5, 5.41) is 9.85. The molecule has 0 rings (SSSR count). The van der Waals surface area contributed by atoms with Gasteiger partial charge in [-0.3, -0.25) is 0 Å². The zero-order valence-corrected chi connectivity index (χ0v) is 9.17. The van der Waals surface area contributed by atoms with Gasteiger partial charge in [-0.2, -0.15) is 0 Å². The second-order valence-corrected chi connectivity index (χ2v) is 4.51. The highest BCUT2D eigenvalue weighted by molar-refractivity contribution is 4.71. The van der Waals surface area contributed by atoms with E-state index in [4.69, 9.17) is 0 Å². The Morgan fingerprint density at radius 2 is 1.58 bits per heavy atom. The fourth-order valence-electron chi connectivity index (χ4n) is 1.85. The van der Waals surface area contributed by atoms with E-state index in [2.05, 4.69) is 34.6 Å². The summed E-state index contributed by atoms with van der Waals surface area (Å²) < 4.78 is 0. The van der Waals surface area contributed by atoms with Gasteiger partial charge in [0.1, 0.15) is 0 Å². The van der Waals surface area contributed by atoms with Crippen molar-refractivity contribution in [3.63, 3.8) is 0 Å². The smallest absolute Gasteiger partial charge is 0.0573 e. The van der Waals surface area contributed by atoms with Crippen LogP contribution in [0.1, 0.15) is 47.5 Å². The number of aliphatic hydroxyl groups is 1. The van der Waals surface area contributed by atoms with Gasteiger partial charge in [-0.1, -0.05) is 41.0 Å². The molecule has 2 atom stereocenters. The van der Waals surface area contributed by atoms with E-state index in [1.54, 1.807) is 0 Å². The molecule has 0 heterocycles. The standard InChI is InChI=1S/C11H24O/c1-6-10(9(4)5)11(12)7-8(2)3/h8-12H,6-7H2,1-5H3. The van der Waals surface area contributed by atoms with Crippen molar-refractivity contribution in [1.82, 2.24) is 0 Å². The minimum absolute atomic E-state index is 0.102. The molecule has 0 bridgehead atoms. The SMILES string of the molecule is CCC(C(C)C)C(O)CC(C)C. The summed E-state index contributed by atoms with van der Waals surface area (Å²) in [7, 11) is 0. The predicted molar refractivity (Wildman–Crippen MR) is 54.1 cm³/mol. The van der Waals surface area contributed by atoms with E-state index in [1.165, 1.54) is 0 Å². The molecule has 0 aromatic heterocycles. The van der Waals surface area contributed by atoms with Crippen LogP contribution in [-0.2, 0) is 0 Å². The first-order valence-corrected chi connectivity index (χ1v) is 5.17. The molecule has 74 valence electrons. The third-order valence-electron chi connectivity index (χ3n) is 2.53. The molecule has 0 radical (unpaired) electrons. The number of hydrogen-bond acceptors (Lipinski definition) is 1. The molecule has 0 aliphatic rings. The summed E-state index contributed by atoms with van der Waals surface area (Å²) in [6, 6.07) is 0. The molecular weight excluding hydrogens is 148 g/mol. The number of aliphatic hydroxyl groups excluding tert-OH is 1. The first-order chi connectivity index (χ1) is 5.49. The summed E-state index contributed by atoms with van der Waals surface area (Å²) in [4.78, 5) is 0. The van der Waals surface area contributed by atoms with E-state index in [0.717, 1.165) is 12.8 Å². The van der Waals surface area contributed by atoms with Gasteiger partial charge in [0, 0.05) is 0 Å². The van der Waals surface area contributed by atoms with Gasteiger partial charge in [-0.25, -0.2) is 0 Å². The molecule has 1 nitrogen and oxygen atoms in total. The van der Waals surface area contributed by atoms with Gasteiger partial charge >= 0.3 is 0 Å². The van der Waals surface area contributed by atoms with Crippen LogP contribution in [-0.4, -0.2) is 11.2 Å². The largest absolute Gasteiger partial charge is 0.393 e. The summed E-state index contributed by atoms with van der Waals surface area (Å²) in [6.07, 6.45) is 1.93. The lowest BCUT2D eigenvalue weighted by Gasteiger charge is -2.26.